The fraction of sp³-hybridized carbons (Fsp3) is 0.429. The second kappa shape index (κ2) is 12.7. The number of aromatic amines is 2. The number of hydrogen-bond acceptors (Lipinski definition) is 7. The zero-order valence-corrected chi connectivity index (χ0v) is 22.2. The summed E-state index contributed by atoms with van der Waals surface area (Å²) in [5.74, 6) is 0.459. The summed E-state index contributed by atoms with van der Waals surface area (Å²) in [6.07, 6.45) is 1.99. The normalized spacial score (nSPS) is 14.1. The van der Waals surface area contributed by atoms with Crippen molar-refractivity contribution in [2.75, 3.05) is 46.0 Å². The summed E-state index contributed by atoms with van der Waals surface area (Å²) >= 11 is 0. The second-order valence-electron chi connectivity index (χ2n) is 9.68. The summed E-state index contributed by atoms with van der Waals surface area (Å²) in [4.78, 5) is 34.9. The fourth-order valence-corrected chi connectivity index (χ4v) is 4.56. The quantitative estimate of drug-likeness (QED) is 0.216. The number of ether oxygens (including phenoxy) is 2. The third-order valence-corrected chi connectivity index (χ3v) is 6.75. The van der Waals surface area contributed by atoms with Crippen LogP contribution in [0, 0.1) is 0 Å². The number of fused-ring (bicyclic) bond motifs is 2. The summed E-state index contributed by atoms with van der Waals surface area (Å²) in [5, 5.41) is 13.9. The predicted octanol–water partition coefficient (Wildman–Crippen LogP) is 3.58. The Balaban J connectivity index is 1.21. The van der Waals surface area contributed by atoms with E-state index in [0.29, 0.717) is 43.2 Å². The van der Waals surface area contributed by atoms with E-state index < -0.39 is 6.09 Å². The van der Waals surface area contributed by atoms with Crippen LogP contribution in [0.5, 0.6) is 0 Å². The van der Waals surface area contributed by atoms with Crippen molar-refractivity contribution in [3.05, 3.63) is 47.5 Å². The van der Waals surface area contributed by atoms with Gasteiger partial charge in [0.15, 0.2) is 5.82 Å². The number of hydrogen-bond donors (Lipinski definition) is 4. The molecule has 0 spiro atoms. The van der Waals surface area contributed by atoms with Crippen LogP contribution in [0.15, 0.2) is 36.4 Å². The molecule has 4 aromatic rings. The molecule has 0 bridgehead atoms. The minimum absolute atomic E-state index is 0.188. The van der Waals surface area contributed by atoms with Gasteiger partial charge in [-0.05, 0) is 48.7 Å². The number of nitrogens with zero attached hydrogens (tertiary/aromatic N) is 3. The van der Waals surface area contributed by atoms with Gasteiger partial charge in [0.05, 0.1) is 36.4 Å². The number of unbranched alkanes of at least 4 members (excludes halogenated alkanes) is 1. The third-order valence-electron chi connectivity index (χ3n) is 6.75. The highest BCUT2D eigenvalue weighted by atomic mass is 16.5. The average Bonchev–Trinajstić information content (AvgIpc) is 3.57. The van der Waals surface area contributed by atoms with Crippen LogP contribution in [-0.2, 0) is 16.0 Å². The molecule has 0 atom stereocenters. The molecule has 0 unspecified atom stereocenters. The van der Waals surface area contributed by atoms with E-state index in [1.54, 1.807) is 6.07 Å². The number of imidazole rings is 1. The van der Waals surface area contributed by atoms with E-state index in [2.05, 4.69) is 42.8 Å². The van der Waals surface area contributed by atoms with Gasteiger partial charge in [-0.1, -0.05) is 19.4 Å². The molecule has 1 aliphatic heterocycles. The molecule has 206 valence electrons. The van der Waals surface area contributed by atoms with Gasteiger partial charge in [0.2, 0.25) is 0 Å². The van der Waals surface area contributed by atoms with Crippen molar-refractivity contribution in [2.45, 2.75) is 32.7 Å². The van der Waals surface area contributed by atoms with Gasteiger partial charge in [0, 0.05) is 43.7 Å². The second-order valence-corrected chi connectivity index (χ2v) is 9.68. The first kappa shape index (κ1) is 26.6. The highest BCUT2D eigenvalue weighted by molar-refractivity contribution is 6.01. The summed E-state index contributed by atoms with van der Waals surface area (Å²) in [6.45, 7) is 7.61. The third kappa shape index (κ3) is 6.73. The number of alkyl carbamates (subject to hydrolysis) is 1. The number of morpholine rings is 1. The average molecular weight is 534 g/mol. The molecule has 1 aliphatic rings. The Morgan fingerprint density at radius 2 is 1.90 bits per heavy atom. The van der Waals surface area contributed by atoms with Gasteiger partial charge in [-0.2, -0.15) is 5.10 Å². The van der Waals surface area contributed by atoms with Gasteiger partial charge in [0.1, 0.15) is 5.69 Å². The molecule has 1 saturated heterocycles. The van der Waals surface area contributed by atoms with E-state index in [1.807, 2.05) is 25.1 Å². The molecule has 11 heteroatoms. The first-order valence-electron chi connectivity index (χ1n) is 13.6. The molecule has 0 radical (unpaired) electrons. The zero-order chi connectivity index (χ0) is 27.0. The summed E-state index contributed by atoms with van der Waals surface area (Å²) < 4.78 is 10.5. The van der Waals surface area contributed by atoms with E-state index in [-0.39, 0.29) is 5.91 Å². The van der Waals surface area contributed by atoms with E-state index in [0.717, 1.165) is 67.6 Å². The van der Waals surface area contributed by atoms with Crippen LogP contribution in [0.25, 0.3) is 33.5 Å². The molecule has 2 amide bonds. The van der Waals surface area contributed by atoms with Crippen molar-refractivity contribution in [3.8, 4) is 11.5 Å². The van der Waals surface area contributed by atoms with Crippen LogP contribution in [0.4, 0.5) is 4.79 Å². The number of benzene rings is 2. The van der Waals surface area contributed by atoms with E-state index in [1.165, 1.54) is 5.56 Å². The van der Waals surface area contributed by atoms with Crippen molar-refractivity contribution in [2.24, 2.45) is 0 Å². The van der Waals surface area contributed by atoms with Gasteiger partial charge in [0.25, 0.3) is 5.91 Å². The number of nitrogens with one attached hydrogen (secondary N) is 4. The highest BCUT2D eigenvalue weighted by Gasteiger charge is 2.16. The molecule has 4 N–H and O–H groups in total. The molecular weight excluding hydrogens is 498 g/mol. The smallest absolute Gasteiger partial charge is 0.407 e. The summed E-state index contributed by atoms with van der Waals surface area (Å²) in [6, 6.07) is 11.7. The van der Waals surface area contributed by atoms with Gasteiger partial charge < -0.3 is 25.1 Å². The Labute approximate surface area is 226 Å². The molecule has 39 heavy (non-hydrogen) atoms. The highest BCUT2D eigenvalue weighted by Crippen LogP contribution is 2.27. The van der Waals surface area contributed by atoms with E-state index in [9.17, 15) is 9.59 Å². The minimum atomic E-state index is -0.424. The first-order valence-corrected chi connectivity index (χ1v) is 13.6. The molecule has 3 heterocycles. The number of H-pyrrole nitrogens is 2. The minimum Gasteiger partial charge on any atom is -0.450 e. The molecule has 0 saturated carbocycles. The van der Waals surface area contributed by atoms with Gasteiger partial charge >= 0.3 is 6.09 Å². The fourth-order valence-electron chi connectivity index (χ4n) is 4.56. The largest absolute Gasteiger partial charge is 0.450 e. The monoisotopic (exact) mass is 533 g/mol. The van der Waals surface area contributed by atoms with Crippen LogP contribution in [0.3, 0.4) is 0 Å². The molecular formula is C28H35N7O4. The molecule has 11 nitrogen and oxygen atoms in total. The maximum Gasteiger partial charge on any atom is 0.407 e. The molecule has 2 aromatic heterocycles. The van der Waals surface area contributed by atoms with Crippen molar-refractivity contribution in [1.82, 2.24) is 35.7 Å². The SMILES string of the molecule is CCCCOC(=O)NCCCNC(=O)c1ccc2[nH]nc(-c3nc4ccc(CN5CCOCC5)cc4[nH]3)c2c1. The van der Waals surface area contributed by atoms with Gasteiger partial charge in [-0.3, -0.25) is 14.8 Å². The molecule has 0 aliphatic carbocycles. The summed E-state index contributed by atoms with van der Waals surface area (Å²) in [7, 11) is 0. The maximum absolute atomic E-state index is 12.8. The van der Waals surface area contributed by atoms with Crippen LogP contribution >= 0.6 is 0 Å². The maximum atomic E-state index is 12.8. The van der Waals surface area contributed by atoms with Crippen molar-refractivity contribution < 1.29 is 19.1 Å². The van der Waals surface area contributed by atoms with Crippen LogP contribution in [-0.4, -0.2) is 83.1 Å². The lowest BCUT2D eigenvalue weighted by Gasteiger charge is -2.26. The number of carbonyl (C=O) groups is 2. The predicted molar refractivity (Wildman–Crippen MR) is 148 cm³/mol. The first-order chi connectivity index (χ1) is 19.1. The number of carbonyl (C=O) groups excluding carboxylic acids is 2. The van der Waals surface area contributed by atoms with Crippen LogP contribution < -0.4 is 10.6 Å². The van der Waals surface area contributed by atoms with E-state index in [4.69, 9.17) is 14.5 Å². The van der Waals surface area contributed by atoms with Crippen molar-refractivity contribution in [3.63, 3.8) is 0 Å². The van der Waals surface area contributed by atoms with E-state index >= 15 is 0 Å². The lowest BCUT2D eigenvalue weighted by atomic mass is 10.1. The zero-order valence-electron chi connectivity index (χ0n) is 22.2. The Kier molecular flexibility index (Phi) is 8.69. The van der Waals surface area contributed by atoms with Crippen LogP contribution in [0.2, 0.25) is 0 Å². The number of aromatic nitrogens is 4. The summed E-state index contributed by atoms with van der Waals surface area (Å²) in [5.41, 5.74) is 5.04. The Bertz CT molecular complexity index is 1420. The van der Waals surface area contributed by atoms with Crippen LogP contribution in [0.1, 0.15) is 42.1 Å². The van der Waals surface area contributed by atoms with Crippen molar-refractivity contribution >= 4 is 33.9 Å². The Hall–Kier alpha value is -3.96. The lowest BCUT2D eigenvalue weighted by Crippen LogP contribution is -2.35. The Morgan fingerprint density at radius 3 is 2.74 bits per heavy atom. The molecule has 2 aromatic carbocycles. The van der Waals surface area contributed by atoms with Crippen molar-refractivity contribution in [1.29, 1.82) is 0 Å². The lowest BCUT2D eigenvalue weighted by molar-refractivity contribution is 0.0342. The van der Waals surface area contributed by atoms with Gasteiger partial charge in [-0.25, -0.2) is 9.78 Å². The topological polar surface area (TPSA) is 137 Å². The van der Waals surface area contributed by atoms with Gasteiger partial charge in [-0.15, -0.1) is 0 Å². The standard InChI is InChI=1S/C28H35N7O4/c1-2-3-13-39-28(37)30-10-4-9-29-27(36)20-6-8-22-21(17-20)25(34-33-22)26-31-23-7-5-19(16-24(23)32-26)18-35-11-14-38-15-12-35/h5-8,16-17H,2-4,9-15,18H2,1H3,(H,29,36)(H,30,37)(H,31,32)(H,33,34). The number of rotatable bonds is 11. The number of amides is 2. The molecule has 1 fully saturated rings. The molecule has 5 rings (SSSR count). The Morgan fingerprint density at radius 1 is 1.05 bits per heavy atom.